The van der Waals surface area contributed by atoms with Crippen LogP contribution in [0.15, 0.2) is 30.3 Å². The van der Waals surface area contributed by atoms with Crippen LogP contribution in [0.5, 0.6) is 0 Å². The average Bonchev–Trinajstić information content (AvgIpc) is 2.45. The average molecular weight is 316 g/mol. The van der Waals surface area contributed by atoms with E-state index in [9.17, 15) is 14.4 Å². The van der Waals surface area contributed by atoms with Crippen molar-refractivity contribution in [1.29, 1.82) is 0 Å². The van der Waals surface area contributed by atoms with Gasteiger partial charge in [-0.15, -0.1) is 0 Å². The quantitative estimate of drug-likeness (QED) is 0.803. The fraction of sp³-hybridized carbons (Fsp3) is 0.526. The van der Waals surface area contributed by atoms with Gasteiger partial charge in [0.2, 0.25) is 0 Å². The minimum absolute atomic E-state index is 0.0267. The predicted molar refractivity (Wildman–Crippen MR) is 86.9 cm³/mol. The molecule has 0 radical (unpaired) electrons. The number of ketones is 2. The molecule has 1 unspecified atom stereocenters. The van der Waals surface area contributed by atoms with E-state index in [0.717, 1.165) is 5.56 Å². The molecule has 1 aromatic carbocycles. The molecular formula is C19H24O4. The summed E-state index contributed by atoms with van der Waals surface area (Å²) < 4.78 is 5.54. The number of benzene rings is 1. The van der Waals surface area contributed by atoms with Crippen LogP contribution in [0.2, 0.25) is 0 Å². The molecule has 0 aliphatic heterocycles. The number of esters is 1. The van der Waals surface area contributed by atoms with Gasteiger partial charge < -0.3 is 4.74 Å². The third-order valence-electron chi connectivity index (χ3n) is 4.19. The number of ether oxygens (including phenoxy) is 1. The van der Waals surface area contributed by atoms with Gasteiger partial charge in [0, 0.05) is 24.7 Å². The Bertz CT molecular complexity index is 598. The van der Waals surface area contributed by atoms with E-state index in [1.807, 2.05) is 30.3 Å². The van der Waals surface area contributed by atoms with Gasteiger partial charge in [0.15, 0.2) is 0 Å². The monoisotopic (exact) mass is 316 g/mol. The van der Waals surface area contributed by atoms with Gasteiger partial charge in [-0.1, -0.05) is 30.3 Å². The second-order valence-corrected chi connectivity index (χ2v) is 7.24. The van der Waals surface area contributed by atoms with Gasteiger partial charge in [0.1, 0.15) is 17.2 Å². The Morgan fingerprint density at radius 3 is 2.22 bits per heavy atom. The number of hydrogen-bond donors (Lipinski definition) is 0. The summed E-state index contributed by atoms with van der Waals surface area (Å²) in [6.07, 6.45) is 0.403. The summed E-state index contributed by atoms with van der Waals surface area (Å²) in [6, 6.07) is 9.45. The van der Waals surface area contributed by atoms with E-state index in [4.69, 9.17) is 4.74 Å². The van der Waals surface area contributed by atoms with Gasteiger partial charge in [-0.2, -0.15) is 0 Å². The first-order valence-electron chi connectivity index (χ1n) is 7.99. The highest BCUT2D eigenvalue weighted by Crippen LogP contribution is 2.41. The van der Waals surface area contributed by atoms with Crippen molar-refractivity contribution in [1.82, 2.24) is 0 Å². The molecule has 0 saturated heterocycles. The minimum Gasteiger partial charge on any atom is -0.460 e. The maximum atomic E-state index is 12.7. The standard InChI is InChI=1S/C19H24O4/c1-12(20)15-10-14(21)11-16(13-8-6-5-7-9-13)17(15)18(22)23-19(2,3)4/h5-9,15-17H,10-11H2,1-4H3/t15-,16-,17?/m1/s1. The molecule has 0 N–H and O–H groups in total. The van der Waals surface area contributed by atoms with E-state index in [0.29, 0.717) is 0 Å². The Balaban J connectivity index is 2.41. The topological polar surface area (TPSA) is 60.4 Å². The number of carbonyl (C=O) groups excluding carboxylic acids is 3. The molecule has 0 amide bonds. The van der Waals surface area contributed by atoms with Crippen LogP contribution < -0.4 is 0 Å². The van der Waals surface area contributed by atoms with Crippen LogP contribution >= 0.6 is 0 Å². The maximum absolute atomic E-state index is 12.7. The van der Waals surface area contributed by atoms with E-state index >= 15 is 0 Å². The normalized spacial score (nSPS) is 25.0. The summed E-state index contributed by atoms with van der Waals surface area (Å²) in [5.41, 5.74) is 0.281. The second-order valence-electron chi connectivity index (χ2n) is 7.24. The largest absolute Gasteiger partial charge is 0.460 e. The first-order valence-corrected chi connectivity index (χ1v) is 7.99. The Morgan fingerprint density at radius 1 is 1.09 bits per heavy atom. The smallest absolute Gasteiger partial charge is 0.310 e. The molecule has 4 heteroatoms. The third kappa shape index (κ3) is 4.27. The van der Waals surface area contributed by atoms with Crippen LogP contribution in [0.4, 0.5) is 0 Å². The molecule has 2 rings (SSSR count). The van der Waals surface area contributed by atoms with E-state index < -0.39 is 17.4 Å². The summed E-state index contributed by atoms with van der Waals surface area (Å²) in [7, 11) is 0. The van der Waals surface area contributed by atoms with Crippen molar-refractivity contribution >= 4 is 17.5 Å². The highest BCUT2D eigenvalue weighted by Gasteiger charge is 2.45. The van der Waals surface area contributed by atoms with Crippen LogP contribution in [0.3, 0.4) is 0 Å². The minimum atomic E-state index is -0.624. The lowest BCUT2D eigenvalue weighted by Crippen LogP contribution is -2.43. The first-order chi connectivity index (χ1) is 10.7. The Labute approximate surface area is 137 Å². The van der Waals surface area contributed by atoms with Crippen molar-refractivity contribution in [2.75, 3.05) is 0 Å². The number of hydrogen-bond acceptors (Lipinski definition) is 4. The summed E-state index contributed by atoms with van der Waals surface area (Å²) in [4.78, 5) is 36.9. The fourth-order valence-electron chi connectivity index (χ4n) is 3.23. The Kier molecular flexibility index (Phi) is 5.03. The molecule has 1 aliphatic carbocycles. The zero-order valence-corrected chi connectivity index (χ0v) is 14.2. The molecule has 23 heavy (non-hydrogen) atoms. The van der Waals surface area contributed by atoms with Crippen LogP contribution in [-0.4, -0.2) is 23.1 Å². The van der Waals surface area contributed by atoms with Crippen molar-refractivity contribution in [3.8, 4) is 0 Å². The third-order valence-corrected chi connectivity index (χ3v) is 4.19. The van der Waals surface area contributed by atoms with E-state index in [-0.39, 0.29) is 36.3 Å². The van der Waals surface area contributed by atoms with Gasteiger partial charge in [-0.25, -0.2) is 0 Å². The van der Waals surface area contributed by atoms with Crippen molar-refractivity contribution in [2.24, 2.45) is 11.8 Å². The summed E-state index contributed by atoms with van der Waals surface area (Å²) in [5, 5.41) is 0. The zero-order chi connectivity index (χ0) is 17.2. The lowest BCUT2D eigenvalue weighted by atomic mass is 9.67. The number of Topliss-reactive ketones (excluding diaryl/α,β-unsaturated/α-hetero) is 2. The molecular weight excluding hydrogens is 292 g/mol. The molecule has 4 nitrogen and oxygen atoms in total. The van der Waals surface area contributed by atoms with Gasteiger partial charge in [-0.05, 0) is 33.3 Å². The molecule has 1 aromatic rings. The number of carbonyl (C=O) groups is 3. The van der Waals surface area contributed by atoms with Crippen molar-refractivity contribution in [3.63, 3.8) is 0 Å². The number of rotatable bonds is 3. The molecule has 1 saturated carbocycles. The second kappa shape index (κ2) is 6.65. The van der Waals surface area contributed by atoms with E-state index in [2.05, 4.69) is 0 Å². The summed E-state index contributed by atoms with van der Waals surface area (Å²) in [6.45, 7) is 6.86. The summed E-state index contributed by atoms with van der Waals surface area (Å²) in [5.74, 6) is -2.00. The maximum Gasteiger partial charge on any atom is 0.310 e. The molecule has 1 aliphatic rings. The van der Waals surface area contributed by atoms with Gasteiger partial charge in [0.25, 0.3) is 0 Å². The predicted octanol–water partition coefficient (Wildman–Crippen LogP) is 3.30. The fourth-order valence-corrected chi connectivity index (χ4v) is 3.23. The lowest BCUT2D eigenvalue weighted by Gasteiger charge is -2.36. The van der Waals surface area contributed by atoms with Gasteiger partial charge in [-0.3, -0.25) is 14.4 Å². The highest BCUT2D eigenvalue weighted by atomic mass is 16.6. The van der Waals surface area contributed by atoms with Crippen LogP contribution in [0, 0.1) is 11.8 Å². The zero-order valence-electron chi connectivity index (χ0n) is 14.2. The first kappa shape index (κ1) is 17.4. The molecule has 124 valence electrons. The molecule has 0 bridgehead atoms. The summed E-state index contributed by atoms with van der Waals surface area (Å²) >= 11 is 0. The van der Waals surface area contributed by atoms with Crippen LogP contribution in [0.25, 0.3) is 0 Å². The van der Waals surface area contributed by atoms with Crippen molar-refractivity contribution < 1.29 is 19.1 Å². The lowest BCUT2D eigenvalue weighted by molar-refractivity contribution is -0.166. The van der Waals surface area contributed by atoms with Crippen LogP contribution in [-0.2, 0) is 19.1 Å². The Hall–Kier alpha value is -1.97. The highest BCUT2D eigenvalue weighted by molar-refractivity contribution is 5.93. The molecule has 0 heterocycles. The molecule has 1 fully saturated rings. The van der Waals surface area contributed by atoms with Crippen LogP contribution in [0.1, 0.15) is 52.0 Å². The molecule has 0 aromatic heterocycles. The van der Waals surface area contributed by atoms with Gasteiger partial charge >= 0.3 is 5.97 Å². The SMILES string of the molecule is CC(=O)[C@H]1CC(=O)C[C@H](c2ccccc2)C1C(=O)OC(C)(C)C. The molecule has 0 spiro atoms. The Morgan fingerprint density at radius 2 is 1.70 bits per heavy atom. The van der Waals surface area contributed by atoms with Crippen molar-refractivity contribution in [2.45, 2.75) is 52.1 Å². The van der Waals surface area contributed by atoms with Crippen molar-refractivity contribution in [3.05, 3.63) is 35.9 Å². The van der Waals surface area contributed by atoms with E-state index in [1.165, 1.54) is 6.92 Å². The molecule has 3 atom stereocenters. The van der Waals surface area contributed by atoms with E-state index in [1.54, 1.807) is 20.8 Å². The van der Waals surface area contributed by atoms with Gasteiger partial charge in [0.05, 0.1) is 5.92 Å².